The van der Waals surface area contributed by atoms with Crippen molar-refractivity contribution in [3.63, 3.8) is 0 Å². The fraction of sp³-hybridized carbons (Fsp3) is 0.148. The molecule has 0 spiro atoms. The number of pyridine rings is 1. The second kappa shape index (κ2) is 8.98. The smallest absolute Gasteiger partial charge is 0.273 e. The van der Waals surface area contributed by atoms with Crippen molar-refractivity contribution in [2.24, 2.45) is 7.05 Å². The van der Waals surface area contributed by atoms with Crippen LogP contribution in [-0.2, 0) is 7.05 Å². The molecule has 0 radical (unpaired) electrons. The Balaban J connectivity index is 1.48. The number of carbonyl (C=O) groups is 1. The molecule has 0 aliphatic heterocycles. The molecule has 1 amide bonds. The molecule has 3 aromatic heterocycles. The molecule has 176 valence electrons. The summed E-state index contributed by atoms with van der Waals surface area (Å²) in [4.78, 5) is 18.1. The number of benzene rings is 2. The molecule has 0 atom stereocenters. The van der Waals surface area contributed by atoms with Crippen LogP contribution in [0.15, 0.2) is 73.1 Å². The number of aryl methyl sites for hydroxylation is 2. The Morgan fingerprint density at radius 3 is 2.54 bits per heavy atom. The van der Waals surface area contributed by atoms with Crippen molar-refractivity contribution in [3.05, 3.63) is 84.3 Å². The summed E-state index contributed by atoms with van der Waals surface area (Å²) in [7, 11) is 4.94. The topological polar surface area (TPSA) is 82.7 Å². The zero-order chi connectivity index (χ0) is 24.5. The van der Waals surface area contributed by atoms with Crippen LogP contribution in [0.3, 0.4) is 0 Å². The molecule has 0 aliphatic carbocycles. The number of aromatic nitrogens is 4. The largest absolute Gasteiger partial charge is 0.497 e. The van der Waals surface area contributed by atoms with Gasteiger partial charge in [0.25, 0.3) is 5.91 Å². The number of hydrogen-bond donors (Lipinski definition) is 1. The Bertz CT molecular complexity index is 1550. The maximum Gasteiger partial charge on any atom is 0.273 e. The average molecular weight is 468 g/mol. The molecule has 1 N–H and O–H groups in total. The van der Waals surface area contributed by atoms with Crippen molar-refractivity contribution in [1.82, 2.24) is 19.2 Å². The number of ether oxygens (including phenoxy) is 2. The lowest BCUT2D eigenvalue weighted by Gasteiger charge is -2.09. The van der Waals surface area contributed by atoms with Gasteiger partial charge in [-0.1, -0.05) is 24.3 Å². The Kier molecular flexibility index (Phi) is 5.70. The van der Waals surface area contributed by atoms with Gasteiger partial charge in [0.2, 0.25) is 0 Å². The van der Waals surface area contributed by atoms with Gasteiger partial charge in [0.05, 0.1) is 31.3 Å². The van der Waals surface area contributed by atoms with Crippen LogP contribution in [-0.4, -0.2) is 39.3 Å². The molecule has 2 aromatic carbocycles. The van der Waals surface area contributed by atoms with Gasteiger partial charge in [-0.15, -0.1) is 0 Å². The van der Waals surface area contributed by atoms with Crippen LogP contribution in [0.2, 0.25) is 0 Å². The van der Waals surface area contributed by atoms with Gasteiger partial charge in [0.15, 0.2) is 0 Å². The van der Waals surface area contributed by atoms with Gasteiger partial charge >= 0.3 is 0 Å². The van der Waals surface area contributed by atoms with Gasteiger partial charge in [-0.3, -0.25) is 9.48 Å². The first-order valence-electron chi connectivity index (χ1n) is 11.1. The predicted octanol–water partition coefficient (Wildman–Crippen LogP) is 4.98. The van der Waals surface area contributed by atoms with Crippen LogP contribution >= 0.6 is 0 Å². The van der Waals surface area contributed by atoms with Crippen LogP contribution in [0, 0.1) is 6.92 Å². The number of imidazole rings is 1. The highest BCUT2D eigenvalue weighted by atomic mass is 16.5. The molecule has 0 saturated carbocycles. The zero-order valence-corrected chi connectivity index (χ0v) is 19.9. The lowest BCUT2D eigenvalue weighted by atomic mass is 10.1. The second-order valence-electron chi connectivity index (χ2n) is 8.15. The first-order valence-corrected chi connectivity index (χ1v) is 11.1. The Hall–Kier alpha value is -4.59. The highest BCUT2D eigenvalue weighted by molar-refractivity contribution is 6.05. The van der Waals surface area contributed by atoms with E-state index in [2.05, 4.69) is 10.4 Å². The van der Waals surface area contributed by atoms with Crippen LogP contribution in [0.4, 0.5) is 5.69 Å². The number of fused-ring (bicyclic) bond motifs is 1. The lowest BCUT2D eigenvalue weighted by Crippen LogP contribution is -2.16. The van der Waals surface area contributed by atoms with Gasteiger partial charge in [-0.2, -0.15) is 5.10 Å². The fourth-order valence-electron chi connectivity index (χ4n) is 4.11. The van der Waals surface area contributed by atoms with E-state index in [1.807, 2.05) is 78.3 Å². The second-order valence-corrected chi connectivity index (χ2v) is 8.15. The third kappa shape index (κ3) is 4.10. The van der Waals surface area contributed by atoms with Crippen LogP contribution in [0.25, 0.3) is 28.2 Å². The number of para-hydroxylation sites is 1. The van der Waals surface area contributed by atoms with Gasteiger partial charge in [-0.05, 0) is 48.9 Å². The molecule has 0 saturated heterocycles. The molecule has 8 heteroatoms. The maximum absolute atomic E-state index is 13.3. The number of carbonyl (C=O) groups excluding carboxylic acids is 1. The van der Waals surface area contributed by atoms with Crippen molar-refractivity contribution >= 4 is 17.2 Å². The van der Waals surface area contributed by atoms with E-state index < -0.39 is 0 Å². The standard InChI is InChI=1S/C27H25N5O3/c1-17-8-7-13-32-16-23(28-26(17)32)19-9-5-6-10-21(19)29-27(33)24-15-22(30-31(24)2)20-14-18(34-3)11-12-25(20)35-4/h5-16H,1-4H3,(H,29,33). The SMILES string of the molecule is COc1ccc(OC)c(-c2cc(C(=O)Nc3ccccc3-c3cn4cccc(C)c4n3)n(C)n2)c1. The summed E-state index contributed by atoms with van der Waals surface area (Å²) in [6, 6.07) is 18.8. The number of anilines is 1. The normalized spacial score (nSPS) is 11.0. The summed E-state index contributed by atoms with van der Waals surface area (Å²) in [5.74, 6) is 1.04. The summed E-state index contributed by atoms with van der Waals surface area (Å²) in [6.45, 7) is 2.02. The van der Waals surface area contributed by atoms with E-state index in [1.165, 1.54) is 0 Å². The number of amides is 1. The first-order chi connectivity index (χ1) is 17.0. The molecule has 0 bridgehead atoms. The summed E-state index contributed by atoms with van der Waals surface area (Å²) in [6.07, 6.45) is 3.93. The van der Waals surface area contributed by atoms with E-state index in [0.717, 1.165) is 28.0 Å². The van der Waals surface area contributed by atoms with E-state index in [1.54, 1.807) is 32.0 Å². The molecule has 8 nitrogen and oxygen atoms in total. The predicted molar refractivity (Wildman–Crippen MR) is 135 cm³/mol. The van der Waals surface area contributed by atoms with Crippen molar-refractivity contribution in [2.45, 2.75) is 6.92 Å². The molecule has 0 aliphatic rings. The van der Waals surface area contributed by atoms with Crippen molar-refractivity contribution < 1.29 is 14.3 Å². The van der Waals surface area contributed by atoms with Gasteiger partial charge in [0, 0.05) is 30.6 Å². The Morgan fingerprint density at radius 2 is 1.77 bits per heavy atom. The highest BCUT2D eigenvalue weighted by Crippen LogP contribution is 2.33. The highest BCUT2D eigenvalue weighted by Gasteiger charge is 2.19. The quantitative estimate of drug-likeness (QED) is 0.381. The van der Waals surface area contributed by atoms with Crippen LogP contribution < -0.4 is 14.8 Å². The Morgan fingerprint density at radius 1 is 0.943 bits per heavy atom. The van der Waals surface area contributed by atoms with E-state index in [-0.39, 0.29) is 5.91 Å². The molecule has 0 unspecified atom stereocenters. The van der Waals surface area contributed by atoms with Crippen LogP contribution in [0.1, 0.15) is 16.1 Å². The number of rotatable bonds is 6. The van der Waals surface area contributed by atoms with Crippen molar-refractivity contribution in [1.29, 1.82) is 0 Å². The first kappa shape index (κ1) is 22.2. The number of methoxy groups -OCH3 is 2. The minimum atomic E-state index is -0.277. The third-order valence-corrected chi connectivity index (χ3v) is 5.92. The monoisotopic (exact) mass is 467 g/mol. The van der Waals surface area contributed by atoms with Crippen molar-refractivity contribution in [2.75, 3.05) is 19.5 Å². The number of hydrogen-bond acceptors (Lipinski definition) is 5. The molecule has 0 fully saturated rings. The lowest BCUT2D eigenvalue weighted by molar-refractivity contribution is 0.101. The van der Waals surface area contributed by atoms with Crippen molar-refractivity contribution in [3.8, 4) is 34.0 Å². The summed E-state index contributed by atoms with van der Waals surface area (Å²) in [5, 5.41) is 7.59. The van der Waals surface area contributed by atoms with Gasteiger partial charge in [0.1, 0.15) is 22.8 Å². The summed E-state index contributed by atoms with van der Waals surface area (Å²) < 4.78 is 14.4. The number of nitrogens with zero attached hydrogens (tertiary/aromatic N) is 4. The molecular weight excluding hydrogens is 442 g/mol. The average Bonchev–Trinajstić information content (AvgIpc) is 3.48. The molecule has 5 rings (SSSR count). The summed E-state index contributed by atoms with van der Waals surface area (Å²) >= 11 is 0. The van der Waals surface area contributed by atoms with E-state index in [9.17, 15) is 4.79 Å². The van der Waals surface area contributed by atoms with Gasteiger partial charge in [-0.25, -0.2) is 4.98 Å². The van der Waals surface area contributed by atoms with E-state index in [4.69, 9.17) is 14.5 Å². The van der Waals surface area contributed by atoms with E-state index in [0.29, 0.717) is 28.6 Å². The van der Waals surface area contributed by atoms with Gasteiger partial charge < -0.3 is 19.2 Å². The molecular formula is C27H25N5O3. The Labute approximate surface area is 202 Å². The fourth-order valence-corrected chi connectivity index (χ4v) is 4.11. The summed E-state index contributed by atoms with van der Waals surface area (Å²) in [5.41, 5.74) is 6.00. The maximum atomic E-state index is 13.3. The molecule has 5 aromatic rings. The zero-order valence-electron chi connectivity index (χ0n) is 19.9. The molecule has 35 heavy (non-hydrogen) atoms. The minimum Gasteiger partial charge on any atom is -0.497 e. The third-order valence-electron chi connectivity index (χ3n) is 5.92. The number of nitrogens with one attached hydrogen (secondary N) is 1. The minimum absolute atomic E-state index is 0.277. The van der Waals surface area contributed by atoms with Crippen LogP contribution in [0.5, 0.6) is 11.5 Å². The molecule has 3 heterocycles. The van der Waals surface area contributed by atoms with E-state index >= 15 is 0 Å².